The highest BCUT2D eigenvalue weighted by molar-refractivity contribution is 7.09. The lowest BCUT2D eigenvalue weighted by atomic mass is 9.81. The van der Waals surface area contributed by atoms with Crippen molar-refractivity contribution in [1.29, 1.82) is 0 Å². The van der Waals surface area contributed by atoms with Crippen LogP contribution in [-0.4, -0.2) is 4.98 Å². The van der Waals surface area contributed by atoms with E-state index in [-0.39, 0.29) is 0 Å². The van der Waals surface area contributed by atoms with Gasteiger partial charge in [0.25, 0.3) is 0 Å². The highest BCUT2D eigenvalue weighted by Crippen LogP contribution is 2.40. The second-order valence-corrected chi connectivity index (χ2v) is 4.77. The zero-order valence-corrected chi connectivity index (χ0v) is 8.53. The SMILES string of the molecule is CC(C)c1scnc1C1CCC1. The van der Waals surface area contributed by atoms with Crippen LogP contribution in [0.3, 0.4) is 0 Å². The summed E-state index contributed by atoms with van der Waals surface area (Å²) in [5, 5.41) is 0. The first-order chi connectivity index (χ1) is 5.79. The molecule has 0 aliphatic heterocycles. The molecular formula is C10H15NS. The molecule has 66 valence electrons. The van der Waals surface area contributed by atoms with E-state index in [0.717, 1.165) is 5.92 Å². The molecule has 1 nitrogen and oxygen atoms in total. The van der Waals surface area contributed by atoms with Gasteiger partial charge in [0.1, 0.15) is 0 Å². The van der Waals surface area contributed by atoms with Crippen molar-refractivity contribution < 1.29 is 0 Å². The Morgan fingerprint density at radius 1 is 1.50 bits per heavy atom. The van der Waals surface area contributed by atoms with Crippen molar-refractivity contribution in [3.05, 3.63) is 16.1 Å². The lowest BCUT2D eigenvalue weighted by Gasteiger charge is -2.25. The third-order valence-electron chi connectivity index (χ3n) is 2.64. The van der Waals surface area contributed by atoms with Crippen LogP contribution in [0.25, 0.3) is 0 Å². The molecule has 1 aliphatic carbocycles. The topological polar surface area (TPSA) is 12.9 Å². The first-order valence-corrected chi connectivity index (χ1v) is 5.60. The van der Waals surface area contributed by atoms with E-state index in [0.29, 0.717) is 5.92 Å². The van der Waals surface area contributed by atoms with Gasteiger partial charge in [-0.1, -0.05) is 20.3 Å². The van der Waals surface area contributed by atoms with Crippen LogP contribution < -0.4 is 0 Å². The number of aromatic nitrogens is 1. The van der Waals surface area contributed by atoms with Crippen LogP contribution in [-0.2, 0) is 0 Å². The van der Waals surface area contributed by atoms with E-state index in [4.69, 9.17) is 0 Å². The zero-order chi connectivity index (χ0) is 8.55. The lowest BCUT2D eigenvalue weighted by Crippen LogP contribution is -2.11. The van der Waals surface area contributed by atoms with E-state index in [2.05, 4.69) is 18.8 Å². The van der Waals surface area contributed by atoms with Crippen molar-refractivity contribution in [2.24, 2.45) is 0 Å². The summed E-state index contributed by atoms with van der Waals surface area (Å²) in [6.45, 7) is 4.52. The molecule has 1 aromatic rings. The van der Waals surface area contributed by atoms with Gasteiger partial charge in [0.2, 0.25) is 0 Å². The Morgan fingerprint density at radius 3 is 2.75 bits per heavy atom. The Morgan fingerprint density at radius 2 is 2.25 bits per heavy atom. The molecule has 1 aromatic heterocycles. The second kappa shape index (κ2) is 3.17. The number of hydrogen-bond donors (Lipinski definition) is 0. The van der Waals surface area contributed by atoms with Gasteiger partial charge in [-0.15, -0.1) is 11.3 Å². The van der Waals surface area contributed by atoms with Crippen molar-refractivity contribution in [2.75, 3.05) is 0 Å². The Labute approximate surface area is 77.8 Å². The molecule has 0 aromatic carbocycles. The number of nitrogens with zero attached hydrogens (tertiary/aromatic N) is 1. The molecule has 1 saturated carbocycles. The maximum absolute atomic E-state index is 4.48. The average Bonchev–Trinajstić information content (AvgIpc) is 2.31. The first kappa shape index (κ1) is 8.24. The van der Waals surface area contributed by atoms with Crippen LogP contribution >= 0.6 is 11.3 Å². The summed E-state index contributed by atoms with van der Waals surface area (Å²) < 4.78 is 0. The van der Waals surface area contributed by atoms with Crippen molar-refractivity contribution in [1.82, 2.24) is 4.98 Å². The van der Waals surface area contributed by atoms with Gasteiger partial charge in [0.15, 0.2) is 0 Å². The van der Waals surface area contributed by atoms with Gasteiger partial charge in [-0.25, -0.2) is 4.98 Å². The Hall–Kier alpha value is -0.370. The van der Waals surface area contributed by atoms with Crippen LogP contribution in [0, 0.1) is 0 Å². The van der Waals surface area contributed by atoms with Gasteiger partial charge in [0.05, 0.1) is 11.2 Å². The molecule has 2 heteroatoms. The predicted octanol–water partition coefficient (Wildman–Crippen LogP) is 3.53. The third kappa shape index (κ3) is 1.28. The molecule has 0 unspecified atom stereocenters. The van der Waals surface area contributed by atoms with E-state index >= 15 is 0 Å². The predicted molar refractivity (Wildman–Crippen MR) is 52.8 cm³/mol. The smallest absolute Gasteiger partial charge is 0.0797 e. The number of thiazole rings is 1. The minimum absolute atomic E-state index is 0.660. The van der Waals surface area contributed by atoms with E-state index in [1.807, 2.05) is 16.8 Å². The van der Waals surface area contributed by atoms with Crippen molar-refractivity contribution in [3.63, 3.8) is 0 Å². The average molecular weight is 181 g/mol. The van der Waals surface area contributed by atoms with Crippen molar-refractivity contribution in [2.45, 2.75) is 44.9 Å². The molecule has 2 rings (SSSR count). The van der Waals surface area contributed by atoms with Crippen molar-refractivity contribution >= 4 is 11.3 Å². The zero-order valence-electron chi connectivity index (χ0n) is 7.71. The van der Waals surface area contributed by atoms with Crippen LogP contribution in [0.5, 0.6) is 0 Å². The first-order valence-electron chi connectivity index (χ1n) is 4.72. The fourth-order valence-electron chi connectivity index (χ4n) is 1.68. The summed E-state index contributed by atoms with van der Waals surface area (Å²) >= 11 is 1.82. The Balaban J connectivity index is 2.23. The summed E-state index contributed by atoms with van der Waals surface area (Å²) in [6, 6.07) is 0. The molecule has 1 heterocycles. The quantitative estimate of drug-likeness (QED) is 0.680. The van der Waals surface area contributed by atoms with Gasteiger partial charge in [-0.2, -0.15) is 0 Å². The lowest BCUT2D eigenvalue weighted by molar-refractivity contribution is 0.409. The number of rotatable bonds is 2. The van der Waals surface area contributed by atoms with Gasteiger partial charge < -0.3 is 0 Å². The summed E-state index contributed by atoms with van der Waals surface area (Å²) in [6.07, 6.45) is 4.13. The van der Waals surface area contributed by atoms with Crippen LogP contribution in [0.1, 0.15) is 55.5 Å². The summed E-state index contributed by atoms with van der Waals surface area (Å²) in [7, 11) is 0. The third-order valence-corrected chi connectivity index (χ3v) is 3.79. The molecular weight excluding hydrogens is 166 g/mol. The maximum Gasteiger partial charge on any atom is 0.0797 e. The molecule has 1 fully saturated rings. The van der Waals surface area contributed by atoms with E-state index < -0.39 is 0 Å². The summed E-state index contributed by atoms with van der Waals surface area (Å²) in [5.74, 6) is 1.46. The molecule has 0 saturated heterocycles. The summed E-state index contributed by atoms with van der Waals surface area (Å²) in [4.78, 5) is 5.99. The Kier molecular flexibility index (Phi) is 2.18. The monoisotopic (exact) mass is 181 g/mol. The van der Waals surface area contributed by atoms with Gasteiger partial charge in [-0.3, -0.25) is 0 Å². The van der Waals surface area contributed by atoms with Crippen LogP contribution in [0.4, 0.5) is 0 Å². The van der Waals surface area contributed by atoms with Gasteiger partial charge in [-0.05, 0) is 18.8 Å². The molecule has 12 heavy (non-hydrogen) atoms. The van der Waals surface area contributed by atoms with E-state index in [1.54, 1.807) is 0 Å². The Bertz CT molecular complexity index is 261. The molecule has 0 amide bonds. The fourth-order valence-corrected chi connectivity index (χ4v) is 2.58. The molecule has 0 atom stereocenters. The van der Waals surface area contributed by atoms with Crippen molar-refractivity contribution in [3.8, 4) is 0 Å². The maximum atomic E-state index is 4.48. The fraction of sp³-hybridized carbons (Fsp3) is 0.700. The largest absolute Gasteiger partial charge is 0.249 e. The molecule has 0 spiro atoms. The molecule has 0 radical (unpaired) electrons. The molecule has 1 aliphatic rings. The normalized spacial score (nSPS) is 18.2. The highest BCUT2D eigenvalue weighted by Gasteiger charge is 2.25. The van der Waals surface area contributed by atoms with E-state index in [1.165, 1.54) is 29.8 Å². The minimum Gasteiger partial charge on any atom is -0.249 e. The van der Waals surface area contributed by atoms with E-state index in [9.17, 15) is 0 Å². The second-order valence-electron chi connectivity index (χ2n) is 3.88. The minimum atomic E-state index is 0.660. The molecule has 0 bridgehead atoms. The standard InChI is InChI=1S/C10H15NS/c1-7(2)10-9(11-6-12-10)8-4-3-5-8/h6-8H,3-5H2,1-2H3. The highest BCUT2D eigenvalue weighted by atomic mass is 32.1. The van der Waals surface area contributed by atoms with Crippen LogP contribution in [0.2, 0.25) is 0 Å². The number of hydrogen-bond acceptors (Lipinski definition) is 2. The van der Waals surface area contributed by atoms with Gasteiger partial charge >= 0.3 is 0 Å². The molecule has 0 N–H and O–H groups in total. The summed E-state index contributed by atoms with van der Waals surface area (Å²) in [5.41, 5.74) is 3.41. The van der Waals surface area contributed by atoms with Crippen LogP contribution in [0.15, 0.2) is 5.51 Å². The van der Waals surface area contributed by atoms with Gasteiger partial charge in [0, 0.05) is 10.8 Å².